The van der Waals surface area contributed by atoms with E-state index in [2.05, 4.69) is 20.4 Å². The first kappa shape index (κ1) is 10.6. The molecule has 2 aromatic heterocycles. The molecule has 0 amide bonds. The largest absolute Gasteiger partial charge is 0.338 e. The first-order valence-electron chi connectivity index (χ1n) is 5.22. The third-order valence-electron chi connectivity index (χ3n) is 2.18. The van der Waals surface area contributed by atoms with Crippen molar-refractivity contribution in [3.63, 3.8) is 0 Å². The maximum Gasteiger partial charge on any atom is 0.321 e. The fraction of sp³-hybridized carbons (Fsp3) is 0.364. The molecule has 2 aromatic rings. The van der Waals surface area contributed by atoms with Gasteiger partial charge in [-0.1, -0.05) is 11.2 Å². The number of nitrogens with one attached hydrogen (secondary N) is 1. The van der Waals surface area contributed by atoms with Crippen LogP contribution in [0.15, 0.2) is 16.8 Å². The molecule has 2 heterocycles. The molecular weight excluding hydrogens is 204 g/mol. The molecule has 0 atom stereocenters. The van der Waals surface area contributed by atoms with E-state index < -0.39 is 0 Å². The van der Waals surface area contributed by atoms with Crippen LogP contribution < -0.4 is 5.32 Å². The van der Waals surface area contributed by atoms with E-state index in [1.165, 1.54) is 0 Å². The first-order valence-corrected chi connectivity index (χ1v) is 5.22. The van der Waals surface area contributed by atoms with Gasteiger partial charge in [0, 0.05) is 12.7 Å². The molecule has 0 spiro atoms. The lowest BCUT2D eigenvalue weighted by molar-refractivity contribution is 0.432. The van der Waals surface area contributed by atoms with Crippen LogP contribution in [0.2, 0.25) is 0 Å². The van der Waals surface area contributed by atoms with E-state index in [1.807, 2.05) is 26.8 Å². The van der Waals surface area contributed by atoms with Crippen LogP contribution in [-0.4, -0.2) is 21.7 Å². The van der Waals surface area contributed by atoms with Crippen LogP contribution in [0.3, 0.4) is 0 Å². The second kappa shape index (κ2) is 4.30. The van der Waals surface area contributed by atoms with Crippen LogP contribution >= 0.6 is 0 Å². The van der Waals surface area contributed by atoms with Crippen molar-refractivity contribution in [3.05, 3.63) is 23.4 Å². The molecule has 16 heavy (non-hydrogen) atoms. The van der Waals surface area contributed by atoms with Gasteiger partial charge in [-0.3, -0.25) is 4.98 Å². The fourth-order valence-electron chi connectivity index (χ4n) is 1.49. The van der Waals surface area contributed by atoms with E-state index >= 15 is 0 Å². The van der Waals surface area contributed by atoms with Gasteiger partial charge in [0.25, 0.3) is 0 Å². The third-order valence-corrected chi connectivity index (χ3v) is 2.18. The highest BCUT2D eigenvalue weighted by Gasteiger charge is 2.11. The molecule has 0 aliphatic carbocycles. The second-order valence-corrected chi connectivity index (χ2v) is 3.63. The Bertz CT molecular complexity index is 492. The minimum absolute atomic E-state index is 0.430. The fourth-order valence-corrected chi connectivity index (χ4v) is 1.49. The zero-order chi connectivity index (χ0) is 11.5. The number of aryl methyl sites for hydroxylation is 2. The molecule has 5 nitrogen and oxygen atoms in total. The molecule has 0 radical (unpaired) electrons. The Balaban J connectivity index is 2.35. The summed E-state index contributed by atoms with van der Waals surface area (Å²) in [4.78, 5) is 8.52. The zero-order valence-electron chi connectivity index (χ0n) is 9.61. The van der Waals surface area contributed by atoms with Crippen LogP contribution in [0, 0.1) is 13.8 Å². The Hall–Kier alpha value is -1.91. The molecule has 0 aliphatic rings. The van der Waals surface area contributed by atoms with Gasteiger partial charge in [-0.25, -0.2) is 0 Å². The molecular formula is C11H14N4O. The number of aromatic nitrogens is 3. The quantitative estimate of drug-likeness (QED) is 0.855. The van der Waals surface area contributed by atoms with Crippen LogP contribution in [0.25, 0.3) is 11.5 Å². The van der Waals surface area contributed by atoms with Gasteiger partial charge in [-0.15, -0.1) is 0 Å². The average Bonchev–Trinajstić information content (AvgIpc) is 2.67. The Morgan fingerprint density at radius 1 is 1.38 bits per heavy atom. The van der Waals surface area contributed by atoms with Crippen molar-refractivity contribution < 1.29 is 4.52 Å². The van der Waals surface area contributed by atoms with Gasteiger partial charge in [0.2, 0.25) is 5.82 Å². The lowest BCUT2D eigenvalue weighted by Gasteiger charge is -2.00. The molecule has 0 saturated heterocycles. The summed E-state index contributed by atoms with van der Waals surface area (Å²) >= 11 is 0. The van der Waals surface area contributed by atoms with Crippen molar-refractivity contribution in [1.29, 1.82) is 0 Å². The van der Waals surface area contributed by atoms with Crippen molar-refractivity contribution >= 4 is 6.01 Å². The molecule has 0 aromatic carbocycles. The predicted molar refractivity (Wildman–Crippen MR) is 61.2 cm³/mol. The number of hydrogen-bond donors (Lipinski definition) is 1. The summed E-state index contributed by atoms with van der Waals surface area (Å²) in [6.07, 6.45) is 1.80. The minimum Gasteiger partial charge on any atom is -0.338 e. The van der Waals surface area contributed by atoms with Crippen molar-refractivity contribution in [2.24, 2.45) is 0 Å². The van der Waals surface area contributed by atoms with E-state index in [0.717, 1.165) is 23.4 Å². The van der Waals surface area contributed by atoms with Crippen LogP contribution in [-0.2, 0) is 0 Å². The molecule has 0 aliphatic heterocycles. The summed E-state index contributed by atoms with van der Waals surface area (Å²) < 4.78 is 5.03. The summed E-state index contributed by atoms with van der Waals surface area (Å²) in [5, 5.41) is 6.84. The first-order chi connectivity index (χ1) is 7.70. The zero-order valence-corrected chi connectivity index (χ0v) is 9.61. The summed E-state index contributed by atoms with van der Waals surface area (Å²) in [5.41, 5.74) is 2.93. The molecule has 0 bridgehead atoms. The SMILES string of the molecule is CCNc1nc(-c2ncc(C)cc2C)no1. The summed E-state index contributed by atoms with van der Waals surface area (Å²) in [7, 11) is 0. The van der Waals surface area contributed by atoms with Gasteiger partial charge in [-0.05, 0) is 31.9 Å². The van der Waals surface area contributed by atoms with Gasteiger partial charge in [0.05, 0.1) is 0 Å². The van der Waals surface area contributed by atoms with Crippen LogP contribution in [0.1, 0.15) is 18.1 Å². The van der Waals surface area contributed by atoms with Crippen molar-refractivity contribution in [3.8, 4) is 11.5 Å². The van der Waals surface area contributed by atoms with E-state index in [1.54, 1.807) is 6.20 Å². The number of anilines is 1. The van der Waals surface area contributed by atoms with E-state index in [-0.39, 0.29) is 0 Å². The highest BCUT2D eigenvalue weighted by atomic mass is 16.5. The van der Waals surface area contributed by atoms with Gasteiger partial charge in [0.1, 0.15) is 5.69 Å². The monoisotopic (exact) mass is 218 g/mol. The van der Waals surface area contributed by atoms with Gasteiger partial charge >= 0.3 is 6.01 Å². The lowest BCUT2D eigenvalue weighted by Crippen LogP contribution is -1.96. The normalized spacial score (nSPS) is 10.4. The van der Waals surface area contributed by atoms with Gasteiger partial charge in [0.15, 0.2) is 0 Å². The summed E-state index contributed by atoms with van der Waals surface area (Å²) in [5.74, 6) is 0.522. The highest BCUT2D eigenvalue weighted by molar-refractivity contribution is 5.55. The molecule has 1 N–H and O–H groups in total. The topological polar surface area (TPSA) is 63.8 Å². The predicted octanol–water partition coefficient (Wildman–Crippen LogP) is 2.18. The molecule has 0 fully saturated rings. The maximum atomic E-state index is 5.03. The van der Waals surface area contributed by atoms with E-state index in [9.17, 15) is 0 Å². The van der Waals surface area contributed by atoms with Gasteiger partial charge < -0.3 is 9.84 Å². The standard InChI is InChI=1S/C11H14N4O/c1-4-12-11-14-10(15-16-11)9-8(3)5-7(2)6-13-9/h5-6H,4H2,1-3H3,(H,12,14,15). The van der Waals surface area contributed by atoms with Crippen molar-refractivity contribution in [1.82, 2.24) is 15.1 Å². The third kappa shape index (κ3) is 2.03. The number of rotatable bonds is 3. The molecule has 2 rings (SSSR count). The van der Waals surface area contributed by atoms with Crippen molar-refractivity contribution in [2.75, 3.05) is 11.9 Å². The molecule has 84 valence electrons. The number of nitrogens with zero attached hydrogens (tertiary/aromatic N) is 3. The molecule has 5 heteroatoms. The maximum absolute atomic E-state index is 5.03. The van der Waals surface area contributed by atoms with Crippen LogP contribution in [0.4, 0.5) is 6.01 Å². The lowest BCUT2D eigenvalue weighted by atomic mass is 10.1. The van der Waals surface area contributed by atoms with E-state index in [4.69, 9.17) is 4.52 Å². The minimum atomic E-state index is 0.430. The van der Waals surface area contributed by atoms with Gasteiger partial charge in [-0.2, -0.15) is 4.98 Å². The highest BCUT2D eigenvalue weighted by Crippen LogP contribution is 2.19. The summed E-state index contributed by atoms with van der Waals surface area (Å²) in [6.45, 7) is 6.71. The summed E-state index contributed by atoms with van der Waals surface area (Å²) in [6, 6.07) is 2.48. The number of hydrogen-bond acceptors (Lipinski definition) is 5. The van der Waals surface area contributed by atoms with E-state index in [0.29, 0.717) is 11.8 Å². The second-order valence-electron chi connectivity index (χ2n) is 3.63. The average molecular weight is 218 g/mol. The Morgan fingerprint density at radius 2 is 2.19 bits per heavy atom. The smallest absolute Gasteiger partial charge is 0.321 e. The van der Waals surface area contributed by atoms with Crippen LogP contribution in [0.5, 0.6) is 0 Å². The Morgan fingerprint density at radius 3 is 2.88 bits per heavy atom. The molecule has 0 saturated carbocycles. The Labute approximate surface area is 93.9 Å². The van der Waals surface area contributed by atoms with Crippen molar-refractivity contribution in [2.45, 2.75) is 20.8 Å². The molecule has 0 unspecified atom stereocenters. The Kier molecular flexibility index (Phi) is 2.85. The number of pyridine rings is 1.